The van der Waals surface area contributed by atoms with E-state index in [0.717, 1.165) is 41.5 Å². The van der Waals surface area contributed by atoms with Crippen LogP contribution in [0, 0.1) is 17.2 Å². The summed E-state index contributed by atoms with van der Waals surface area (Å²) in [4.78, 5) is 11.7. The van der Waals surface area contributed by atoms with E-state index in [2.05, 4.69) is 40.0 Å². The number of nitriles is 1. The molecule has 4 N–H and O–H groups in total. The topological polar surface area (TPSA) is 103 Å². The van der Waals surface area contributed by atoms with Crippen LogP contribution in [0.15, 0.2) is 54.6 Å². The molecule has 1 saturated heterocycles. The summed E-state index contributed by atoms with van der Waals surface area (Å²) in [5.41, 5.74) is 14.9. The van der Waals surface area contributed by atoms with Gasteiger partial charge in [0.15, 0.2) is 0 Å². The molecule has 7 heteroatoms. The summed E-state index contributed by atoms with van der Waals surface area (Å²) in [5, 5.41) is 10.3. The van der Waals surface area contributed by atoms with Gasteiger partial charge in [-0.25, -0.2) is 15.4 Å². The highest BCUT2D eigenvalue weighted by Gasteiger charge is 2.33. The summed E-state index contributed by atoms with van der Waals surface area (Å²) >= 11 is 0. The molecule has 1 aliphatic rings. The van der Waals surface area contributed by atoms with E-state index in [9.17, 15) is 5.26 Å². The number of anilines is 1. The van der Waals surface area contributed by atoms with Crippen LogP contribution in [-0.2, 0) is 0 Å². The fraction of sp³-hybridized carbons (Fsp3) is 0.318. The van der Waals surface area contributed by atoms with E-state index in [-0.39, 0.29) is 18.1 Å². The number of hydrogen-bond acceptors (Lipinski definition) is 7. The second kappa shape index (κ2) is 8.53. The third-order valence-corrected chi connectivity index (χ3v) is 5.39. The first-order valence-electron chi connectivity index (χ1n) is 9.87. The van der Waals surface area contributed by atoms with Gasteiger partial charge in [0.1, 0.15) is 0 Å². The molecule has 3 atom stereocenters. The van der Waals surface area contributed by atoms with Crippen molar-refractivity contribution in [2.24, 2.45) is 11.7 Å². The lowest BCUT2D eigenvalue weighted by Crippen LogP contribution is -2.38. The van der Waals surface area contributed by atoms with Gasteiger partial charge in [0.05, 0.1) is 29.4 Å². The average Bonchev–Trinajstić information content (AvgIpc) is 3.12. The van der Waals surface area contributed by atoms with E-state index in [1.54, 1.807) is 0 Å². The van der Waals surface area contributed by atoms with Gasteiger partial charge in [0.25, 0.3) is 0 Å². The quantitative estimate of drug-likeness (QED) is 0.597. The zero-order valence-electron chi connectivity index (χ0n) is 16.4. The van der Waals surface area contributed by atoms with Crippen LogP contribution in [0.4, 0.5) is 5.95 Å². The van der Waals surface area contributed by atoms with Crippen molar-refractivity contribution in [3.05, 3.63) is 54.6 Å². The molecule has 3 unspecified atom stereocenters. The summed E-state index contributed by atoms with van der Waals surface area (Å²) in [6.45, 7) is 0.790. The summed E-state index contributed by atoms with van der Waals surface area (Å²) in [6.07, 6.45) is 1.43. The van der Waals surface area contributed by atoms with Crippen molar-refractivity contribution in [3.63, 3.8) is 0 Å². The number of rotatable bonds is 6. The van der Waals surface area contributed by atoms with E-state index in [1.807, 2.05) is 43.4 Å². The number of nitrogens with two attached hydrogens (primary N) is 1. The van der Waals surface area contributed by atoms with Gasteiger partial charge in [-0.3, -0.25) is 5.43 Å². The first-order chi connectivity index (χ1) is 14.2. The lowest BCUT2D eigenvalue weighted by atomic mass is 9.97. The van der Waals surface area contributed by atoms with Crippen LogP contribution >= 0.6 is 0 Å². The third kappa shape index (κ3) is 4.05. The normalized spacial score (nSPS) is 21.2. The second-order valence-electron chi connectivity index (χ2n) is 7.40. The first kappa shape index (κ1) is 19.3. The Morgan fingerprint density at radius 3 is 2.62 bits per heavy atom. The summed E-state index contributed by atoms with van der Waals surface area (Å²) in [6, 6.07) is 20.6. The number of para-hydroxylation sites is 1. The Morgan fingerprint density at radius 2 is 1.83 bits per heavy atom. The van der Waals surface area contributed by atoms with Crippen molar-refractivity contribution in [2.75, 3.05) is 18.5 Å². The molecule has 0 bridgehead atoms. The number of hydrazine groups is 1. The molecule has 0 amide bonds. The van der Waals surface area contributed by atoms with Crippen LogP contribution in [0.3, 0.4) is 0 Å². The highest BCUT2D eigenvalue weighted by molar-refractivity contribution is 5.93. The number of hydrogen-bond donors (Lipinski definition) is 3. The number of benzene rings is 2. The molecule has 29 heavy (non-hydrogen) atoms. The van der Waals surface area contributed by atoms with Crippen molar-refractivity contribution in [1.29, 1.82) is 5.26 Å². The van der Waals surface area contributed by atoms with E-state index >= 15 is 0 Å². The number of nitrogens with one attached hydrogen (secondary N) is 2. The SMILES string of the molecule is CN(CCCC1NNC(N)C1C#N)c1nc(-c2ccccc2)c2ccccc2n1. The van der Waals surface area contributed by atoms with E-state index < -0.39 is 0 Å². The molecule has 148 valence electrons. The van der Waals surface area contributed by atoms with Crippen LogP contribution < -0.4 is 21.5 Å². The molecule has 2 aromatic carbocycles. The van der Waals surface area contributed by atoms with Gasteiger partial charge in [0.2, 0.25) is 5.95 Å². The van der Waals surface area contributed by atoms with Crippen LogP contribution in [0.5, 0.6) is 0 Å². The number of fused-ring (bicyclic) bond motifs is 1. The van der Waals surface area contributed by atoms with E-state index in [0.29, 0.717) is 5.95 Å². The van der Waals surface area contributed by atoms with Crippen LogP contribution in [-0.4, -0.2) is 35.8 Å². The zero-order valence-corrected chi connectivity index (χ0v) is 16.4. The summed E-state index contributed by atoms with van der Waals surface area (Å²) in [7, 11) is 2.01. The largest absolute Gasteiger partial charge is 0.344 e. The van der Waals surface area contributed by atoms with Crippen molar-refractivity contribution in [1.82, 2.24) is 20.8 Å². The molecule has 0 spiro atoms. The Hall–Kier alpha value is -3.05. The van der Waals surface area contributed by atoms with Crippen molar-refractivity contribution in [2.45, 2.75) is 25.0 Å². The minimum absolute atomic E-state index is 0.0563. The van der Waals surface area contributed by atoms with Crippen LogP contribution in [0.1, 0.15) is 12.8 Å². The molecule has 0 saturated carbocycles. The lowest BCUT2D eigenvalue weighted by molar-refractivity contribution is 0.463. The van der Waals surface area contributed by atoms with Crippen molar-refractivity contribution < 1.29 is 0 Å². The number of aromatic nitrogens is 2. The molecule has 2 heterocycles. The second-order valence-corrected chi connectivity index (χ2v) is 7.40. The van der Waals surface area contributed by atoms with E-state index in [1.165, 1.54) is 0 Å². The Morgan fingerprint density at radius 1 is 1.07 bits per heavy atom. The highest BCUT2D eigenvalue weighted by Crippen LogP contribution is 2.28. The molecule has 1 aliphatic heterocycles. The smallest absolute Gasteiger partial charge is 0.226 e. The van der Waals surface area contributed by atoms with Gasteiger partial charge in [0, 0.05) is 30.6 Å². The Bertz CT molecular complexity index is 1010. The monoisotopic (exact) mass is 387 g/mol. The third-order valence-electron chi connectivity index (χ3n) is 5.39. The maximum absolute atomic E-state index is 9.29. The first-order valence-corrected chi connectivity index (χ1v) is 9.87. The fourth-order valence-corrected chi connectivity index (χ4v) is 3.75. The molecule has 0 radical (unpaired) electrons. The van der Waals surface area contributed by atoms with Crippen LogP contribution in [0.25, 0.3) is 22.2 Å². The van der Waals surface area contributed by atoms with Gasteiger partial charge in [-0.1, -0.05) is 48.5 Å². The average molecular weight is 387 g/mol. The maximum Gasteiger partial charge on any atom is 0.226 e. The molecule has 7 nitrogen and oxygen atoms in total. The summed E-state index contributed by atoms with van der Waals surface area (Å²) in [5.74, 6) is 0.482. The Balaban J connectivity index is 1.52. The minimum atomic E-state index is -0.319. The Kier molecular flexibility index (Phi) is 5.67. The molecule has 3 aromatic rings. The standard InChI is InChI=1S/C22H25N7/c1-29(13-7-12-19-17(14-23)21(24)28-27-19)22-25-18-11-6-5-10-16(18)20(26-22)15-8-3-2-4-9-15/h2-6,8-11,17,19,21,27-28H,7,12-13,24H2,1H3. The number of nitrogens with zero attached hydrogens (tertiary/aromatic N) is 4. The van der Waals surface area contributed by atoms with Gasteiger partial charge >= 0.3 is 0 Å². The lowest BCUT2D eigenvalue weighted by Gasteiger charge is -2.20. The predicted octanol–water partition coefficient (Wildman–Crippen LogP) is 2.41. The fourth-order valence-electron chi connectivity index (χ4n) is 3.75. The molecule has 4 rings (SSSR count). The molecule has 1 aromatic heterocycles. The molecule has 0 aliphatic carbocycles. The zero-order chi connectivity index (χ0) is 20.2. The maximum atomic E-state index is 9.29. The van der Waals surface area contributed by atoms with Crippen molar-refractivity contribution >= 4 is 16.9 Å². The van der Waals surface area contributed by atoms with Crippen molar-refractivity contribution in [3.8, 4) is 17.3 Å². The predicted molar refractivity (Wildman–Crippen MR) is 115 cm³/mol. The highest BCUT2D eigenvalue weighted by atomic mass is 15.5. The van der Waals surface area contributed by atoms with Gasteiger partial charge in [-0.15, -0.1) is 0 Å². The molecular weight excluding hydrogens is 362 g/mol. The van der Waals surface area contributed by atoms with Crippen LogP contribution in [0.2, 0.25) is 0 Å². The molecule has 1 fully saturated rings. The molecular formula is C22H25N7. The summed E-state index contributed by atoms with van der Waals surface area (Å²) < 4.78 is 0. The minimum Gasteiger partial charge on any atom is -0.344 e. The van der Waals surface area contributed by atoms with Gasteiger partial charge in [-0.2, -0.15) is 5.26 Å². The van der Waals surface area contributed by atoms with Gasteiger partial charge < -0.3 is 10.6 Å². The van der Waals surface area contributed by atoms with E-state index in [4.69, 9.17) is 15.7 Å². The Labute approximate surface area is 170 Å². The van der Waals surface area contributed by atoms with Gasteiger partial charge in [-0.05, 0) is 18.9 Å².